The molecule has 3 aromatic rings. The standard InChI is InChI=1S/C15H17NO2.C8H11NO2/c1-3-18-15(17)14-10-9-12(2)16(14)11-13-7-5-4-6-8-13;1-3-11-8(10)7-5-4-6(2)9-7/h4-10H,3,11H2,1-2H3;4-5,9H,3H2,1-2H3. The Morgan fingerprint density at radius 1 is 0.862 bits per heavy atom. The first-order valence-electron chi connectivity index (χ1n) is 9.66. The SMILES string of the molecule is CCOC(=O)c1ccc(C)[nH]1.CCOC(=O)c1ccc(C)n1Cc1ccccc1. The molecule has 6 heteroatoms. The molecular formula is C23H28N2O4. The Labute approximate surface area is 171 Å². The zero-order valence-electron chi connectivity index (χ0n) is 17.4. The van der Waals surface area contributed by atoms with Crippen molar-refractivity contribution in [3.63, 3.8) is 0 Å². The maximum absolute atomic E-state index is 11.8. The fourth-order valence-corrected chi connectivity index (χ4v) is 2.76. The Hall–Kier alpha value is -3.28. The number of nitrogens with one attached hydrogen (secondary N) is 1. The molecule has 1 aromatic carbocycles. The number of ether oxygens (including phenoxy) is 2. The van der Waals surface area contributed by atoms with Crippen molar-refractivity contribution in [3.8, 4) is 0 Å². The molecule has 0 fully saturated rings. The summed E-state index contributed by atoms with van der Waals surface area (Å²) in [6.07, 6.45) is 0. The first-order chi connectivity index (χ1) is 14.0. The van der Waals surface area contributed by atoms with E-state index in [1.165, 1.54) is 5.56 Å². The molecule has 0 radical (unpaired) electrons. The van der Waals surface area contributed by atoms with Crippen molar-refractivity contribution in [2.45, 2.75) is 34.2 Å². The van der Waals surface area contributed by atoms with Crippen molar-refractivity contribution in [2.24, 2.45) is 0 Å². The second kappa shape index (κ2) is 10.9. The summed E-state index contributed by atoms with van der Waals surface area (Å²) in [5, 5.41) is 0. The Morgan fingerprint density at radius 3 is 2.10 bits per heavy atom. The predicted octanol–water partition coefficient (Wildman–Crippen LogP) is 4.52. The smallest absolute Gasteiger partial charge is 0.354 e. The number of esters is 2. The van der Waals surface area contributed by atoms with Gasteiger partial charge in [0.05, 0.1) is 13.2 Å². The van der Waals surface area contributed by atoms with Gasteiger partial charge >= 0.3 is 11.9 Å². The summed E-state index contributed by atoms with van der Waals surface area (Å²) in [5.74, 6) is -0.554. The number of rotatable bonds is 6. The molecule has 0 saturated heterocycles. The van der Waals surface area contributed by atoms with Gasteiger partial charge in [-0.2, -0.15) is 0 Å². The van der Waals surface area contributed by atoms with E-state index >= 15 is 0 Å². The summed E-state index contributed by atoms with van der Waals surface area (Å²) in [5.41, 5.74) is 4.32. The number of H-pyrrole nitrogens is 1. The van der Waals surface area contributed by atoms with E-state index < -0.39 is 0 Å². The van der Waals surface area contributed by atoms with Crippen molar-refractivity contribution in [1.29, 1.82) is 0 Å². The third-order valence-corrected chi connectivity index (χ3v) is 4.19. The number of carbonyl (C=O) groups excluding carboxylic acids is 2. The molecule has 29 heavy (non-hydrogen) atoms. The molecule has 0 aliphatic rings. The van der Waals surface area contributed by atoms with Crippen LogP contribution in [0.1, 0.15) is 51.8 Å². The van der Waals surface area contributed by atoms with Gasteiger partial charge in [0.1, 0.15) is 11.4 Å². The topological polar surface area (TPSA) is 73.3 Å². The van der Waals surface area contributed by atoms with Crippen molar-refractivity contribution >= 4 is 11.9 Å². The van der Waals surface area contributed by atoms with Crippen LogP contribution in [0.2, 0.25) is 0 Å². The Bertz CT molecular complexity index is 926. The normalized spacial score (nSPS) is 10.1. The first-order valence-corrected chi connectivity index (χ1v) is 9.66. The van der Waals surface area contributed by atoms with Gasteiger partial charge in [-0.15, -0.1) is 0 Å². The van der Waals surface area contributed by atoms with Crippen molar-refractivity contribution < 1.29 is 19.1 Å². The van der Waals surface area contributed by atoms with Crippen LogP contribution >= 0.6 is 0 Å². The van der Waals surface area contributed by atoms with Crippen LogP contribution in [-0.4, -0.2) is 34.7 Å². The number of hydrogen-bond donors (Lipinski definition) is 1. The lowest BCUT2D eigenvalue weighted by molar-refractivity contribution is 0.0507. The highest BCUT2D eigenvalue weighted by Crippen LogP contribution is 2.13. The minimum Gasteiger partial charge on any atom is -0.461 e. The van der Waals surface area contributed by atoms with Crippen LogP contribution in [0, 0.1) is 13.8 Å². The van der Waals surface area contributed by atoms with E-state index in [1.807, 2.05) is 73.9 Å². The number of aromatic amines is 1. The third kappa shape index (κ3) is 6.38. The average molecular weight is 396 g/mol. The molecule has 2 aromatic heterocycles. The highest BCUT2D eigenvalue weighted by molar-refractivity contribution is 5.88. The lowest BCUT2D eigenvalue weighted by atomic mass is 10.2. The van der Waals surface area contributed by atoms with E-state index in [4.69, 9.17) is 9.47 Å². The molecule has 6 nitrogen and oxygen atoms in total. The van der Waals surface area contributed by atoms with Gasteiger partial charge in [0, 0.05) is 17.9 Å². The van der Waals surface area contributed by atoms with E-state index in [1.54, 1.807) is 13.0 Å². The van der Waals surface area contributed by atoms with Crippen molar-refractivity contribution in [1.82, 2.24) is 9.55 Å². The maximum Gasteiger partial charge on any atom is 0.354 e. The van der Waals surface area contributed by atoms with Crippen LogP contribution in [0.3, 0.4) is 0 Å². The molecular weight excluding hydrogens is 368 g/mol. The number of benzene rings is 1. The molecule has 0 aliphatic heterocycles. The Morgan fingerprint density at radius 2 is 1.52 bits per heavy atom. The summed E-state index contributed by atoms with van der Waals surface area (Å²) < 4.78 is 11.8. The molecule has 0 saturated carbocycles. The average Bonchev–Trinajstić information content (AvgIpc) is 3.30. The summed E-state index contributed by atoms with van der Waals surface area (Å²) in [4.78, 5) is 25.7. The van der Waals surface area contributed by atoms with Crippen molar-refractivity contribution in [2.75, 3.05) is 13.2 Å². The van der Waals surface area contributed by atoms with Gasteiger partial charge < -0.3 is 19.0 Å². The number of aromatic nitrogens is 2. The predicted molar refractivity (Wildman–Crippen MR) is 112 cm³/mol. The van der Waals surface area contributed by atoms with E-state index in [-0.39, 0.29) is 11.9 Å². The van der Waals surface area contributed by atoms with Crippen LogP contribution in [0.25, 0.3) is 0 Å². The fourth-order valence-electron chi connectivity index (χ4n) is 2.76. The van der Waals surface area contributed by atoms with Gasteiger partial charge in [0.25, 0.3) is 0 Å². The quantitative estimate of drug-likeness (QED) is 0.622. The highest BCUT2D eigenvalue weighted by Gasteiger charge is 2.14. The van der Waals surface area contributed by atoms with Crippen LogP contribution in [-0.2, 0) is 16.0 Å². The van der Waals surface area contributed by atoms with E-state index in [0.29, 0.717) is 31.1 Å². The number of carbonyl (C=O) groups is 2. The first kappa shape index (κ1) is 22.0. The van der Waals surface area contributed by atoms with Crippen LogP contribution in [0.5, 0.6) is 0 Å². The molecule has 154 valence electrons. The minimum absolute atomic E-state index is 0.262. The molecule has 0 atom stereocenters. The largest absolute Gasteiger partial charge is 0.461 e. The molecule has 0 aliphatic carbocycles. The summed E-state index contributed by atoms with van der Waals surface area (Å²) in [6, 6.07) is 17.4. The van der Waals surface area contributed by atoms with Crippen LogP contribution in [0.15, 0.2) is 54.6 Å². The summed E-state index contributed by atoms with van der Waals surface area (Å²) in [6.45, 7) is 8.98. The van der Waals surface area contributed by atoms with E-state index in [9.17, 15) is 9.59 Å². The molecule has 0 amide bonds. The molecule has 1 N–H and O–H groups in total. The number of hydrogen-bond acceptors (Lipinski definition) is 4. The van der Waals surface area contributed by atoms with Gasteiger partial charge in [0.2, 0.25) is 0 Å². The number of nitrogens with zero attached hydrogens (tertiary/aromatic N) is 1. The molecule has 0 unspecified atom stereocenters. The van der Waals surface area contributed by atoms with E-state index in [2.05, 4.69) is 4.98 Å². The Kier molecular flexibility index (Phi) is 8.27. The minimum atomic E-state index is -0.291. The Balaban J connectivity index is 0.000000234. The van der Waals surface area contributed by atoms with Crippen LogP contribution in [0.4, 0.5) is 0 Å². The van der Waals surface area contributed by atoms with E-state index in [0.717, 1.165) is 11.4 Å². The molecule has 2 heterocycles. The van der Waals surface area contributed by atoms with Gasteiger partial charge in [-0.1, -0.05) is 30.3 Å². The van der Waals surface area contributed by atoms with Gasteiger partial charge in [0.15, 0.2) is 0 Å². The molecule has 0 bridgehead atoms. The highest BCUT2D eigenvalue weighted by atomic mass is 16.5. The lowest BCUT2D eigenvalue weighted by Crippen LogP contribution is -2.13. The lowest BCUT2D eigenvalue weighted by Gasteiger charge is -2.11. The second-order valence-electron chi connectivity index (χ2n) is 6.43. The number of aryl methyl sites for hydroxylation is 2. The molecule has 0 spiro atoms. The van der Waals surface area contributed by atoms with Crippen LogP contribution < -0.4 is 0 Å². The zero-order valence-corrected chi connectivity index (χ0v) is 17.4. The summed E-state index contributed by atoms with van der Waals surface area (Å²) >= 11 is 0. The fraction of sp³-hybridized carbons (Fsp3) is 0.304. The van der Waals surface area contributed by atoms with Crippen molar-refractivity contribution in [3.05, 3.63) is 82.9 Å². The monoisotopic (exact) mass is 396 g/mol. The van der Waals surface area contributed by atoms with Gasteiger partial charge in [-0.05, 0) is 57.5 Å². The zero-order chi connectivity index (χ0) is 21.2. The van der Waals surface area contributed by atoms with Gasteiger partial charge in [-0.3, -0.25) is 0 Å². The van der Waals surface area contributed by atoms with Gasteiger partial charge in [-0.25, -0.2) is 9.59 Å². The second-order valence-corrected chi connectivity index (χ2v) is 6.43. The third-order valence-electron chi connectivity index (χ3n) is 4.19. The summed E-state index contributed by atoms with van der Waals surface area (Å²) in [7, 11) is 0. The molecule has 3 rings (SSSR count). The maximum atomic E-state index is 11.8.